The third-order valence-corrected chi connectivity index (χ3v) is 4.65. The van der Waals surface area contributed by atoms with Crippen LogP contribution < -0.4 is 5.32 Å². The summed E-state index contributed by atoms with van der Waals surface area (Å²) < 4.78 is 13.2. The molecule has 2 heterocycles. The molecule has 8 heteroatoms. The minimum absolute atomic E-state index is 0.372. The van der Waals surface area contributed by atoms with Gasteiger partial charge in [-0.1, -0.05) is 0 Å². The lowest BCUT2D eigenvalue weighted by molar-refractivity contribution is 0.0263. The van der Waals surface area contributed by atoms with Crippen LogP contribution in [0.5, 0.6) is 0 Å². The van der Waals surface area contributed by atoms with Crippen LogP contribution in [-0.4, -0.2) is 71.2 Å². The van der Waals surface area contributed by atoms with Crippen molar-refractivity contribution in [3.63, 3.8) is 0 Å². The molecule has 1 aromatic heterocycles. The summed E-state index contributed by atoms with van der Waals surface area (Å²) in [7, 11) is 1.98. The number of rotatable bonds is 9. The second-order valence-corrected chi connectivity index (χ2v) is 6.48. The summed E-state index contributed by atoms with van der Waals surface area (Å²) in [5.74, 6) is 2.72. The molecule has 0 saturated carbocycles. The van der Waals surface area contributed by atoms with E-state index in [2.05, 4.69) is 27.3 Å². The van der Waals surface area contributed by atoms with Gasteiger partial charge in [-0.3, -0.25) is 0 Å². The van der Waals surface area contributed by atoms with E-state index in [4.69, 9.17) is 14.5 Å². The molecule has 8 nitrogen and oxygen atoms in total. The Morgan fingerprint density at radius 1 is 1.23 bits per heavy atom. The molecule has 1 aliphatic heterocycles. The van der Waals surface area contributed by atoms with Gasteiger partial charge in [0.05, 0.1) is 6.10 Å². The largest absolute Gasteiger partial charge is 0.382 e. The molecule has 0 amide bonds. The predicted molar refractivity (Wildman–Crippen MR) is 102 cm³/mol. The number of aromatic nitrogens is 3. The SMILES string of the molecule is CCOCCCNC(=NCc1nnc(C)n1C)N1CCC(OCC)CC1. The maximum Gasteiger partial charge on any atom is 0.194 e. The van der Waals surface area contributed by atoms with E-state index in [0.29, 0.717) is 12.6 Å². The molecule has 0 aliphatic carbocycles. The standard InChI is InChI=1S/C18H34N6O2/c1-5-25-13-7-10-19-18(20-14-17-22-21-15(3)23(17)4)24-11-8-16(9-12-24)26-6-2/h16H,5-14H2,1-4H3,(H,19,20). The van der Waals surface area contributed by atoms with E-state index in [1.54, 1.807) is 0 Å². The first-order chi connectivity index (χ1) is 12.7. The zero-order valence-corrected chi connectivity index (χ0v) is 16.7. The van der Waals surface area contributed by atoms with E-state index in [1.807, 2.05) is 25.5 Å². The molecule has 148 valence electrons. The van der Waals surface area contributed by atoms with Crippen molar-refractivity contribution in [1.82, 2.24) is 25.0 Å². The third-order valence-electron chi connectivity index (χ3n) is 4.65. The summed E-state index contributed by atoms with van der Waals surface area (Å²) in [4.78, 5) is 7.13. The number of ether oxygens (including phenoxy) is 2. The number of hydrogen-bond donors (Lipinski definition) is 1. The molecular weight excluding hydrogens is 332 g/mol. The molecule has 1 N–H and O–H groups in total. The van der Waals surface area contributed by atoms with Crippen LogP contribution in [0.25, 0.3) is 0 Å². The second kappa shape index (κ2) is 11.1. The zero-order chi connectivity index (χ0) is 18.8. The highest BCUT2D eigenvalue weighted by atomic mass is 16.5. The van der Waals surface area contributed by atoms with Gasteiger partial charge in [0, 0.05) is 46.5 Å². The lowest BCUT2D eigenvalue weighted by atomic mass is 10.1. The number of nitrogens with one attached hydrogen (secondary N) is 1. The molecule has 2 rings (SSSR count). The minimum atomic E-state index is 0.372. The van der Waals surface area contributed by atoms with Gasteiger partial charge >= 0.3 is 0 Å². The van der Waals surface area contributed by atoms with Crippen LogP contribution in [0.4, 0.5) is 0 Å². The van der Waals surface area contributed by atoms with Crippen LogP contribution in [0, 0.1) is 6.92 Å². The monoisotopic (exact) mass is 366 g/mol. The maximum atomic E-state index is 5.76. The van der Waals surface area contributed by atoms with Gasteiger partial charge in [-0.25, -0.2) is 4.99 Å². The fourth-order valence-electron chi connectivity index (χ4n) is 2.99. The first-order valence-corrected chi connectivity index (χ1v) is 9.73. The molecule has 1 aromatic rings. The summed E-state index contributed by atoms with van der Waals surface area (Å²) in [6.07, 6.45) is 3.41. The number of aliphatic imine (C=N–C) groups is 1. The third kappa shape index (κ3) is 6.25. The highest BCUT2D eigenvalue weighted by Crippen LogP contribution is 2.14. The van der Waals surface area contributed by atoms with Gasteiger partial charge in [0.2, 0.25) is 0 Å². The molecule has 0 atom stereocenters. The Morgan fingerprint density at radius 3 is 2.62 bits per heavy atom. The highest BCUT2D eigenvalue weighted by molar-refractivity contribution is 5.80. The van der Waals surface area contributed by atoms with E-state index < -0.39 is 0 Å². The van der Waals surface area contributed by atoms with E-state index in [1.165, 1.54) is 0 Å². The summed E-state index contributed by atoms with van der Waals surface area (Å²) in [6, 6.07) is 0. The molecular formula is C18H34N6O2. The topological polar surface area (TPSA) is 76.8 Å². The molecule has 1 aliphatic rings. The number of nitrogens with zero attached hydrogens (tertiary/aromatic N) is 5. The summed E-state index contributed by atoms with van der Waals surface area (Å²) >= 11 is 0. The first kappa shape index (κ1) is 20.6. The number of aryl methyl sites for hydroxylation is 1. The lowest BCUT2D eigenvalue weighted by Gasteiger charge is -2.34. The Morgan fingerprint density at radius 2 is 2.00 bits per heavy atom. The molecule has 0 spiro atoms. The lowest BCUT2D eigenvalue weighted by Crippen LogP contribution is -2.47. The quantitative estimate of drug-likeness (QED) is 0.405. The van der Waals surface area contributed by atoms with E-state index in [0.717, 1.165) is 76.3 Å². The van der Waals surface area contributed by atoms with Crippen molar-refractivity contribution in [1.29, 1.82) is 0 Å². The van der Waals surface area contributed by atoms with Crippen LogP contribution in [0.2, 0.25) is 0 Å². The molecule has 0 radical (unpaired) electrons. The first-order valence-electron chi connectivity index (χ1n) is 9.73. The molecule has 0 aromatic carbocycles. The molecule has 1 fully saturated rings. The number of piperidine rings is 1. The van der Waals surface area contributed by atoms with Crippen LogP contribution >= 0.6 is 0 Å². The van der Waals surface area contributed by atoms with Crippen molar-refractivity contribution in [2.24, 2.45) is 12.0 Å². The van der Waals surface area contributed by atoms with Crippen molar-refractivity contribution in [3.05, 3.63) is 11.6 Å². The van der Waals surface area contributed by atoms with Crippen molar-refractivity contribution in [2.75, 3.05) is 39.5 Å². The van der Waals surface area contributed by atoms with Crippen LogP contribution in [0.3, 0.4) is 0 Å². The Labute approximate surface area is 157 Å². The fourth-order valence-corrected chi connectivity index (χ4v) is 2.99. The highest BCUT2D eigenvalue weighted by Gasteiger charge is 2.21. The van der Waals surface area contributed by atoms with Gasteiger partial charge in [-0.2, -0.15) is 0 Å². The normalized spacial score (nSPS) is 16.3. The summed E-state index contributed by atoms with van der Waals surface area (Å²) in [5, 5.41) is 11.8. The summed E-state index contributed by atoms with van der Waals surface area (Å²) in [5.41, 5.74) is 0. The zero-order valence-electron chi connectivity index (χ0n) is 16.7. The fraction of sp³-hybridized carbons (Fsp3) is 0.833. The van der Waals surface area contributed by atoms with E-state index >= 15 is 0 Å². The smallest absolute Gasteiger partial charge is 0.194 e. The maximum absolute atomic E-state index is 5.76. The number of hydrogen-bond acceptors (Lipinski definition) is 5. The van der Waals surface area contributed by atoms with Crippen molar-refractivity contribution >= 4 is 5.96 Å². The average molecular weight is 367 g/mol. The van der Waals surface area contributed by atoms with Gasteiger partial charge in [-0.15, -0.1) is 10.2 Å². The van der Waals surface area contributed by atoms with Gasteiger partial charge < -0.3 is 24.3 Å². The Bertz CT molecular complexity index is 552. The van der Waals surface area contributed by atoms with E-state index in [9.17, 15) is 0 Å². The van der Waals surface area contributed by atoms with E-state index in [-0.39, 0.29) is 0 Å². The van der Waals surface area contributed by atoms with Crippen molar-refractivity contribution < 1.29 is 9.47 Å². The van der Waals surface area contributed by atoms with Crippen molar-refractivity contribution in [3.8, 4) is 0 Å². The van der Waals surface area contributed by atoms with Crippen molar-refractivity contribution in [2.45, 2.75) is 52.7 Å². The second-order valence-electron chi connectivity index (χ2n) is 6.48. The van der Waals surface area contributed by atoms with Gasteiger partial charge in [0.25, 0.3) is 0 Å². The van der Waals surface area contributed by atoms with Crippen LogP contribution in [-0.2, 0) is 23.1 Å². The Balaban J connectivity index is 1.94. The van der Waals surface area contributed by atoms with Crippen LogP contribution in [0.1, 0.15) is 44.8 Å². The Hall–Kier alpha value is -1.67. The predicted octanol–water partition coefficient (Wildman–Crippen LogP) is 1.50. The molecule has 1 saturated heterocycles. The molecule has 0 bridgehead atoms. The minimum Gasteiger partial charge on any atom is -0.382 e. The van der Waals surface area contributed by atoms with Crippen LogP contribution in [0.15, 0.2) is 4.99 Å². The summed E-state index contributed by atoms with van der Waals surface area (Å²) in [6.45, 7) is 11.6. The van der Waals surface area contributed by atoms with Gasteiger partial charge in [0.1, 0.15) is 12.4 Å². The van der Waals surface area contributed by atoms with Gasteiger partial charge in [-0.05, 0) is 40.0 Å². The Kier molecular flexibility index (Phi) is 8.84. The average Bonchev–Trinajstić information content (AvgIpc) is 2.97. The molecule has 26 heavy (non-hydrogen) atoms. The van der Waals surface area contributed by atoms with Gasteiger partial charge in [0.15, 0.2) is 11.8 Å². The number of likely N-dealkylation sites (tertiary alicyclic amines) is 1. The number of guanidine groups is 1. The molecule has 0 unspecified atom stereocenters.